The Kier molecular flexibility index (Phi) is 7.98. The largest absolute Gasteiger partial charge is 0.494 e. The number of rotatable bonds is 9. The molecule has 0 spiro atoms. The van der Waals surface area contributed by atoms with Crippen LogP contribution < -0.4 is 10.1 Å². The third-order valence-electron chi connectivity index (χ3n) is 2.74. The fourth-order valence-electron chi connectivity index (χ4n) is 1.62. The Morgan fingerprint density at radius 3 is 2.67 bits per heavy atom. The van der Waals surface area contributed by atoms with E-state index in [9.17, 15) is 0 Å². The maximum atomic E-state index is 5.63. The van der Waals surface area contributed by atoms with E-state index in [4.69, 9.17) is 4.74 Å². The van der Waals surface area contributed by atoms with E-state index in [2.05, 4.69) is 55.6 Å². The lowest BCUT2D eigenvalue weighted by molar-refractivity contribution is 0.309. The van der Waals surface area contributed by atoms with Crippen LogP contribution in [0.25, 0.3) is 0 Å². The number of hydrogen-bond donors (Lipinski definition) is 1. The second-order valence-corrected chi connectivity index (χ2v) is 4.38. The standard InChI is InChI=1S/C16H25NO/c1-3-5-7-12-17-14-15-8-10-16(11-9-15)18-13-6-4-2/h3,5,8-11,17H,4,6-7,12-14H2,1-2H3/b5-3+. The van der Waals surface area contributed by atoms with Gasteiger partial charge in [0.05, 0.1) is 6.61 Å². The van der Waals surface area contributed by atoms with Gasteiger partial charge in [0.15, 0.2) is 0 Å². The Bertz CT molecular complexity index is 329. The van der Waals surface area contributed by atoms with Crippen LogP contribution in [0.4, 0.5) is 0 Å². The average Bonchev–Trinajstić information content (AvgIpc) is 2.40. The van der Waals surface area contributed by atoms with Crippen molar-refractivity contribution in [2.45, 2.75) is 39.7 Å². The third kappa shape index (κ3) is 6.45. The topological polar surface area (TPSA) is 21.3 Å². The van der Waals surface area contributed by atoms with Crippen molar-refractivity contribution in [2.24, 2.45) is 0 Å². The molecule has 0 saturated heterocycles. The van der Waals surface area contributed by atoms with Gasteiger partial charge in [0, 0.05) is 6.54 Å². The molecule has 1 aromatic carbocycles. The summed E-state index contributed by atoms with van der Waals surface area (Å²) in [5.74, 6) is 0.973. The monoisotopic (exact) mass is 247 g/mol. The normalized spacial score (nSPS) is 11.0. The molecule has 2 heteroatoms. The highest BCUT2D eigenvalue weighted by molar-refractivity contribution is 5.27. The van der Waals surface area contributed by atoms with Crippen molar-refractivity contribution >= 4 is 0 Å². The quantitative estimate of drug-likeness (QED) is 0.527. The van der Waals surface area contributed by atoms with Gasteiger partial charge in [-0.3, -0.25) is 0 Å². The Morgan fingerprint density at radius 1 is 1.22 bits per heavy atom. The van der Waals surface area contributed by atoms with Gasteiger partial charge in [-0.2, -0.15) is 0 Å². The van der Waals surface area contributed by atoms with Crippen molar-refractivity contribution in [3.8, 4) is 5.75 Å². The van der Waals surface area contributed by atoms with Crippen molar-refractivity contribution in [3.63, 3.8) is 0 Å². The summed E-state index contributed by atoms with van der Waals surface area (Å²) in [5, 5.41) is 3.42. The molecule has 100 valence electrons. The third-order valence-corrected chi connectivity index (χ3v) is 2.74. The maximum Gasteiger partial charge on any atom is 0.119 e. The van der Waals surface area contributed by atoms with E-state index in [0.29, 0.717) is 0 Å². The van der Waals surface area contributed by atoms with Crippen LogP contribution in [0.2, 0.25) is 0 Å². The minimum Gasteiger partial charge on any atom is -0.494 e. The van der Waals surface area contributed by atoms with Crippen LogP contribution in [0.3, 0.4) is 0 Å². The number of hydrogen-bond acceptors (Lipinski definition) is 2. The van der Waals surface area contributed by atoms with E-state index in [1.54, 1.807) is 0 Å². The minimum absolute atomic E-state index is 0.817. The Morgan fingerprint density at radius 2 is 2.00 bits per heavy atom. The zero-order valence-electron chi connectivity index (χ0n) is 11.6. The van der Waals surface area contributed by atoms with Crippen LogP contribution >= 0.6 is 0 Å². The molecule has 0 aliphatic heterocycles. The summed E-state index contributed by atoms with van der Waals surface area (Å²) in [6.45, 7) is 6.99. The van der Waals surface area contributed by atoms with Crippen LogP contribution in [-0.2, 0) is 6.54 Å². The molecule has 1 aromatic rings. The molecule has 18 heavy (non-hydrogen) atoms. The van der Waals surface area contributed by atoms with Crippen molar-refractivity contribution in [2.75, 3.05) is 13.2 Å². The first kappa shape index (κ1) is 14.8. The molecule has 0 radical (unpaired) electrons. The zero-order chi connectivity index (χ0) is 13.1. The summed E-state index contributed by atoms with van der Waals surface area (Å²) in [6, 6.07) is 8.37. The van der Waals surface area contributed by atoms with Gasteiger partial charge >= 0.3 is 0 Å². The molecule has 0 fully saturated rings. The van der Waals surface area contributed by atoms with Gasteiger partial charge in [-0.05, 0) is 44.0 Å². The van der Waals surface area contributed by atoms with E-state index in [1.165, 1.54) is 12.0 Å². The van der Waals surface area contributed by atoms with Crippen molar-refractivity contribution in [3.05, 3.63) is 42.0 Å². The molecular formula is C16H25NO. The Hall–Kier alpha value is -1.28. The van der Waals surface area contributed by atoms with E-state index in [0.717, 1.165) is 38.3 Å². The van der Waals surface area contributed by atoms with Crippen LogP contribution in [-0.4, -0.2) is 13.2 Å². The second-order valence-electron chi connectivity index (χ2n) is 4.38. The molecular weight excluding hydrogens is 222 g/mol. The number of benzene rings is 1. The number of unbranched alkanes of at least 4 members (excludes halogenated alkanes) is 1. The van der Waals surface area contributed by atoms with Crippen molar-refractivity contribution in [1.82, 2.24) is 5.32 Å². The molecule has 1 N–H and O–H groups in total. The van der Waals surface area contributed by atoms with Crippen LogP contribution in [0.15, 0.2) is 36.4 Å². The average molecular weight is 247 g/mol. The molecule has 0 aliphatic rings. The number of nitrogens with one attached hydrogen (secondary N) is 1. The summed E-state index contributed by atoms with van der Waals surface area (Å²) in [7, 11) is 0. The summed E-state index contributed by atoms with van der Waals surface area (Å²) >= 11 is 0. The highest BCUT2D eigenvalue weighted by Crippen LogP contribution is 2.12. The first-order valence-corrected chi connectivity index (χ1v) is 6.90. The maximum absolute atomic E-state index is 5.63. The minimum atomic E-state index is 0.817. The summed E-state index contributed by atoms with van der Waals surface area (Å²) in [4.78, 5) is 0. The van der Waals surface area contributed by atoms with Gasteiger partial charge < -0.3 is 10.1 Å². The highest BCUT2D eigenvalue weighted by Gasteiger charge is 1.95. The second kappa shape index (κ2) is 9.72. The Labute approximate surface area is 111 Å². The van der Waals surface area contributed by atoms with E-state index >= 15 is 0 Å². The molecule has 0 aliphatic carbocycles. The lowest BCUT2D eigenvalue weighted by Crippen LogP contribution is -2.13. The first-order chi connectivity index (χ1) is 8.86. The van der Waals surface area contributed by atoms with Crippen LogP contribution in [0, 0.1) is 0 Å². The van der Waals surface area contributed by atoms with Crippen LogP contribution in [0.1, 0.15) is 38.7 Å². The molecule has 2 nitrogen and oxygen atoms in total. The van der Waals surface area contributed by atoms with Gasteiger partial charge in [0.2, 0.25) is 0 Å². The van der Waals surface area contributed by atoms with E-state index in [1.807, 2.05) is 0 Å². The van der Waals surface area contributed by atoms with Gasteiger partial charge in [0.1, 0.15) is 5.75 Å². The highest BCUT2D eigenvalue weighted by atomic mass is 16.5. The van der Waals surface area contributed by atoms with E-state index < -0.39 is 0 Å². The molecule has 0 amide bonds. The van der Waals surface area contributed by atoms with Crippen molar-refractivity contribution < 1.29 is 4.74 Å². The smallest absolute Gasteiger partial charge is 0.119 e. The Balaban J connectivity index is 2.22. The molecule has 0 bridgehead atoms. The predicted octanol–water partition coefficient (Wildman–Crippen LogP) is 3.92. The van der Waals surface area contributed by atoms with Gasteiger partial charge in [-0.1, -0.05) is 37.6 Å². The molecule has 0 saturated carbocycles. The van der Waals surface area contributed by atoms with Gasteiger partial charge in [-0.15, -0.1) is 0 Å². The summed E-state index contributed by atoms with van der Waals surface area (Å²) in [6.07, 6.45) is 7.65. The van der Waals surface area contributed by atoms with Gasteiger partial charge in [-0.25, -0.2) is 0 Å². The fourth-order valence-corrected chi connectivity index (χ4v) is 1.62. The lowest BCUT2D eigenvalue weighted by atomic mass is 10.2. The lowest BCUT2D eigenvalue weighted by Gasteiger charge is -2.07. The van der Waals surface area contributed by atoms with E-state index in [-0.39, 0.29) is 0 Å². The first-order valence-electron chi connectivity index (χ1n) is 6.90. The predicted molar refractivity (Wildman–Crippen MR) is 78.0 cm³/mol. The molecule has 0 unspecified atom stereocenters. The van der Waals surface area contributed by atoms with Crippen LogP contribution in [0.5, 0.6) is 5.75 Å². The summed E-state index contributed by atoms with van der Waals surface area (Å²) < 4.78 is 5.63. The molecule has 0 atom stereocenters. The molecule has 1 rings (SSSR count). The van der Waals surface area contributed by atoms with Gasteiger partial charge in [0.25, 0.3) is 0 Å². The fraction of sp³-hybridized carbons (Fsp3) is 0.500. The number of allylic oxidation sites excluding steroid dienone is 1. The summed E-state index contributed by atoms with van der Waals surface area (Å²) in [5.41, 5.74) is 1.30. The zero-order valence-corrected chi connectivity index (χ0v) is 11.6. The molecule has 0 heterocycles. The SMILES string of the molecule is C/C=C/CCNCc1ccc(OCCCC)cc1. The van der Waals surface area contributed by atoms with Crippen molar-refractivity contribution in [1.29, 1.82) is 0 Å². The molecule has 0 aromatic heterocycles. The number of ether oxygens (including phenoxy) is 1.